The van der Waals surface area contributed by atoms with Crippen LogP contribution in [0.4, 0.5) is 0 Å². The van der Waals surface area contributed by atoms with E-state index in [0.717, 1.165) is 6.42 Å². The van der Waals surface area contributed by atoms with E-state index in [-0.39, 0.29) is 0 Å². The number of benzene rings is 2. The van der Waals surface area contributed by atoms with Crippen molar-refractivity contribution >= 4 is 38.5 Å². The molecule has 0 radical (unpaired) electrons. The van der Waals surface area contributed by atoms with Crippen molar-refractivity contribution in [1.82, 2.24) is 5.32 Å². The summed E-state index contributed by atoms with van der Waals surface area (Å²) in [5.74, 6) is 0. The lowest BCUT2D eigenvalue weighted by Crippen LogP contribution is -2.20. The van der Waals surface area contributed by atoms with Gasteiger partial charge in [0.25, 0.3) is 0 Å². The molecule has 0 amide bonds. The third kappa shape index (κ3) is 3.33. The van der Waals surface area contributed by atoms with Gasteiger partial charge in [0.2, 0.25) is 0 Å². The van der Waals surface area contributed by atoms with Crippen molar-refractivity contribution in [3.8, 4) is 0 Å². The fraction of sp³-hybridized carbons (Fsp3) is 0.200. The van der Waals surface area contributed by atoms with Crippen molar-refractivity contribution in [3.63, 3.8) is 0 Å². The molecule has 0 saturated heterocycles. The van der Waals surface area contributed by atoms with Gasteiger partial charge >= 0.3 is 0 Å². The van der Waals surface area contributed by atoms with Crippen LogP contribution in [0.5, 0.6) is 0 Å². The molecule has 0 aliphatic carbocycles. The van der Waals surface area contributed by atoms with Gasteiger partial charge in [-0.1, -0.05) is 52.3 Å². The molecule has 0 aromatic heterocycles. The van der Waals surface area contributed by atoms with Crippen LogP contribution < -0.4 is 5.32 Å². The van der Waals surface area contributed by atoms with E-state index in [1.807, 2.05) is 13.1 Å². The van der Waals surface area contributed by atoms with Crippen molar-refractivity contribution in [3.05, 3.63) is 67.7 Å². The lowest BCUT2D eigenvalue weighted by molar-refractivity contribution is 0.588. The van der Waals surface area contributed by atoms with Crippen molar-refractivity contribution in [1.29, 1.82) is 0 Å². The Balaban J connectivity index is 2.26. The quantitative estimate of drug-likeness (QED) is 0.722. The first-order chi connectivity index (χ1) is 8.72. The Labute approximate surface area is 130 Å². The summed E-state index contributed by atoms with van der Waals surface area (Å²) in [5.41, 5.74) is 2.69. The van der Waals surface area contributed by atoms with Crippen LogP contribution >= 0.6 is 38.5 Å². The molecule has 2 aromatic rings. The molecule has 2 rings (SSSR count). The molecule has 0 fully saturated rings. The molecule has 0 bridgehead atoms. The molecule has 94 valence electrons. The van der Waals surface area contributed by atoms with Gasteiger partial charge in [0.05, 0.1) is 0 Å². The van der Waals surface area contributed by atoms with Gasteiger partial charge < -0.3 is 5.32 Å². The molecular formula is C15H15BrIN. The second-order valence-electron chi connectivity index (χ2n) is 4.16. The summed E-state index contributed by atoms with van der Waals surface area (Å²) in [6, 6.07) is 17.3. The summed E-state index contributed by atoms with van der Waals surface area (Å²) >= 11 is 6.01. The molecule has 1 unspecified atom stereocenters. The normalized spacial score (nSPS) is 12.4. The Morgan fingerprint density at radius 2 is 1.78 bits per heavy atom. The summed E-state index contributed by atoms with van der Waals surface area (Å²) in [5, 5.41) is 3.41. The Kier molecular flexibility index (Phi) is 5.21. The zero-order chi connectivity index (χ0) is 13.0. The molecular weight excluding hydrogens is 401 g/mol. The Morgan fingerprint density at radius 3 is 2.44 bits per heavy atom. The molecule has 3 heteroatoms. The largest absolute Gasteiger partial charge is 0.313 e. The smallest absolute Gasteiger partial charge is 0.0369 e. The van der Waals surface area contributed by atoms with Crippen LogP contribution in [0.25, 0.3) is 0 Å². The molecule has 18 heavy (non-hydrogen) atoms. The molecule has 1 atom stereocenters. The average Bonchev–Trinajstić information content (AvgIpc) is 2.39. The first kappa shape index (κ1) is 14.0. The molecule has 0 heterocycles. The highest BCUT2D eigenvalue weighted by atomic mass is 127. The minimum atomic E-state index is 0.344. The van der Waals surface area contributed by atoms with Crippen molar-refractivity contribution < 1.29 is 0 Å². The van der Waals surface area contributed by atoms with E-state index in [1.54, 1.807) is 0 Å². The van der Waals surface area contributed by atoms with Gasteiger partial charge in [-0.05, 0) is 59.3 Å². The Hall–Kier alpha value is -0.390. The van der Waals surface area contributed by atoms with Crippen LogP contribution in [0.15, 0.2) is 53.0 Å². The van der Waals surface area contributed by atoms with Crippen LogP contribution in [0, 0.1) is 3.57 Å². The second-order valence-corrected chi connectivity index (χ2v) is 6.17. The molecule has 1 N–H and O–H groups in total. The number of rotatable bonds is 4. The van der Waals surface area contributed by atoms with E-state index in [4.69, 9.17) is 0 Å². The van der Waals surface area contributed by atoms with Gasteiger partial charge in [0.1, 0.15) is 0 Å². The van der Waals surface area contributed by atoms with Crippen LogP contribution in [0.2, 0.25) is 0 Å². The molecule has 1 nitrogen and oxygen atoms in total. The molecule has 2 aromatic carbocycles. The highest BCUT2D eigenvalue weighted by Crippen LogP contribution is 2.26. The van der Waals surface area contributed by atoms with Gasteiger partial charge in [-0.2, -0.15) is 0 Å². The maximum atomic E-state index is 3.62. The van der Waals surface area contributed by atoms with Gasteiger partial charge in [-0.25, -0.2) is 0 Å². The van der Waals surface area contributed by atoms with E-state index in [1.165, 1.54) is 19.2 Å². The molecule has 0 saturated carbocycles. The van der Waals surface area contributed by atoms with E-state index in [9.17, 15) is 0 Å². The predicted molar refractivity (Wildman–Crippen MR) is 88.8 cm³/mol. The Morgan fingerprint density at radius 1 is 1.11 bits per heavy atom. The Bertz CT molecular complexity index is 527. The molecule has 0 spiro atoms. The summed E-state index contributed by atoms with van der Waals surface area (Å²) in [6.45, 7) is 0. The monoisotopic (exact) mass is 415 g/mol. The minimum absolute atomic E-state index is 0.344. The van der Waals surface area contributed by atoms with Gasteiger partial charge in [-0.3, -0.25) is 0 Å². The highest BCUT2D eigenvalue weighted by Gasteiger charge is 2.13. The van der Waals surface area contributed by atoms with E-state index in [0.29, 0.717) is 6.04 Å². The standard InChI is InChI=1S/C15H15BrIN/c1-18-15(12-7-3-5-9-14(12)17)10-11-6-2-4-8-13(11)16/h2-9,15,18H,10H2,1H3. The summed E-state index contributed by atoms with van der Waals surface area (Å²) in [4.78, 5) is 0. The lowest BCUT2D eigenvalue weighted by atomic mass is 9.99. The van der Waals surface area contributed by atoms with E-state index in [2.05, 4.69) is 86.3 Å². The maximum Gasteiger partial charge on any atom is 0.0369 e. The van der Waals surface area contributed by atoms with Crippen LogP contribution in [-0.4, -0.2) is 7.05 Å². The van der Waals surface area contributed by atoms with Gasteiger partial charge in [0, 0.05) is 14.1 Å². The first-order valence-corrected chi connectivity index (χ1v) is 7.74. The molecule has 0 aliphatic rings. The fourth-order valence-corrected chi connectivity index (χ4v) is 3.22. The first-order valence-electron chi connectivity index (χ1n) is 5.87. The third-order valence-corrected chi connectivity index (χ3v) is 4.77. The van der Waals surface area contributed by atoms with E-state index < -0.39 is 0 Å². The second kappa shape index (κ2) is 6.68. The van der Waals surface area contributed by atoms with Crippen LogP contribution in [-0.2, 0) is 6.42 Å². The maximum absolute atomic E-state index is 3.62. The van der Waals surface area contributed by atoms with E-state index >= 15 is 0 Å². The summed E-state index contributed by atoms with van der Waals surface area (Å²) in [7, 11) is 2.02. The highest BCUT2D eigenvalue weighted by molar-refractivity contribution is 14.1. The topological polar surface area (TPSA) is 12.0 Å². The third-order valence-electron chi connectivity index (χ3n) is 3.01. The lowest BCUT2D eigenvalue weighted by Gasteiger charge is -2.19. The summed E-state index contributed by atoms with van der Waals surface area (Å²) in [6.07, 6.45) is 0.984. The van der Waals surface area contributed by atoms with Crippen LogP contribution in [0.1, 0.15) is 17.2 Å². The number of halogens is 2. The van der Waals surface area contributed by atoms with Crippen molar-refractivity contribution in [2.24, 2.45) is 0 Å². The minimum Gasteiger partial charge on any atom is -0.313 e. The summed E-state index contributed by atoms with van der Waals surface area (Å²) < 4.78 is 2.48. The SMILES string of the molecule is CNC(Cc1ccccc1Br)c1ccccc1I. The number of nitrogens with one attached hydrogen (secondary N) is 1. The van der Waals surface area contributed by atoms with Crippen molar-refractivity contribution in [2.45, 2.75) is 12.5 Å². The molecule has 0 aliphatic heterocycles. The van der Waals surface area contributed by atoms with Crippen molar-refractivity contribution in [2.75, 3.05) is 7.05 Å². The number of likely N-dealkylation sites (N-methyl/N-ethyl adjacent to an activating group) is 1. The fourth-order valence-electron chi connectivity index (χ4n) is 2.01. The number of hydrogen-bond acceptors (Lipinski definition) is 1. The van der Waals surface area contributed by atoms with Crippen LogP contribution in [0.3, 0.4) is 0 Å². The average molecular weight is 416 g/mol. The zero-order valence-corrected chi connectivity index (χ0v) is 13.9. The van der Waals surface area contributed by atoms with Gasteiger partial charge in [0.15, 0.2) is 0 Å². The van der Waals surface area contributed by atoms with Gasteiger partial charge in [-0.15, -0.1) is 0 Å². The number of hydrogen-bond donors (Lipinski definition) is 1. The predicted octanol–water partition coefficient (Wildman–Crippen LogP) is 4.56. The zero-order valence-electron chi connectivity index (χ0n) is 10.2.